The molecule has 0 radical (unpaired) electrons. The maximum atomic E-state index is 12.4. The molecule has 1 amide bonds. The summed E-state index contributed by atoms with van der Waals surface area (Å²) >= 11 is 0. The van der Waals surface area contributed by atoms with Crippen molar-refractivity contribution in [2.45, 2.75) is 64.0 Å². The number of carbonyl (C=O) groups excluding carboxylic acids is 1. The number of hydrogen-bond acceptors (Lipinski definition) is 4. The lowest BCUT2D eigenvalue weighted by Crippen LogP contribution is -2.44. The molecule has 6 nitrogen and oxygen atoms in total. The Kier molecular flexibility index (Phi) is 5.11. The summed E-state index contributed by atoms with van der Waals surface area (Å²) in [6, 6.07) is 2.20. The maximum Gasteiger partial charge on any atom is 0.267 e. The lowest BCUT2D eigenvalue weighted by Gasteiger charge is -2.35. The topological polar surface area (TPSA) is 58.4 Å². The van der Waals surface area contributed by atoms with Gasteiger partial charge in [0.15, 0.2) is 0 Å². The number of piperidine rings is 1. The van der Waals surface area contributed by atoms with Crippen LogP contribution in [0.5, 0.6) is 0 Å². The van der Waals surface area contributed by atoms with Gasteiger partial charge in [0.2, 0.25) is 5.91 Å². The molecular weight excluding hydrogens is 328 g/mol. The van der Waals surface area contributed by atoms with Gasteiger partial charge in [-0.1, -0.05) is 0 Å². The molecule has 0 spiro atoms. The normalized spacial score (nSPS) is 24.9. The van der Waals surface area contributed by atoms with E-state index >= 15 is 0 Å². The largest absolute Gasteiger partial charge is 0.341 e. The van der Waals surface area contributed by atoms with Crippen molar-refractivity contribution < 1.29 is 4.79 Å². The van der Waals surface area contributed by atoms with Crippen molar-refractivity contribution in [2.24, 2.45) is 5.92 Å². The molecule has 2 fully saturated rings. The molecule has 26 heavy (non-hydrogen) atoms. The van der Waals surface area contributed by atoms with Gasteiger partial charge < -0.3 is 9.80 Å². The zero-order valence-corrected chi connectivity index (χ0v) is 15.8. The summed E-state index contributed by atoms with van der Waals surface area (Å²) in [7, 11) is 1.93. The van der Waals surface area contributed by atoms with Gasteiger partial charge in [-0.3, -0.25) is 9.59 Å². The molecule has 0 N–H and O–H groups in total. The third-order valence-electron chi connectivity index (χ3n) is 6.51. The van der Waals surface area contributed by atoms with E-state index in [1.54, 1.807) is 4.68 Å². The third-order valence-corrected chi connectivity index (χ3v) is 6.51. The van der Waals surface area contributed by atoms with Crippen LogP contribution in [0.3, 0.4) is 0 Å². The summed E-state index contributed by atoms with van der Waals surface area (Å²) < 4.78 is 1.72. The SMILES string of the molecule is CN1C(=O)CCC1CN1CCC(Cn2nc3c(cc2=O)CCCC3)CC1. The zero-order valence-electron chi connectivity index (χ0n) is 15.8. The fourth-order valence-corrected chi connectivity index (χ4v) is 4.70. The van der Waals surface area contributed by atoms with Crippen LogP contribution in [0.2, 0.25) is 0 Å². The third kappa shape index (κ3) is 3.70. The lowest BCUT2D eigenvalue weighted by molar-refractivity contribution is -0.127. The van der Waals surface area contributed by atoms with E-state index in [-0.39, 0.29) is 11.5 Å². The molecule has 0 bridgehead atoms. The molecule has 0 saturated carbocycles. The van der Waals surface area contributed by atoms with Gasteiger partial charge in [0, 0.05) is 38.7 Å². The fraction of sp³-hybridized carbons (Fsp3) is 0.750. The quantitative estimate of drug-likeness (QED) is 0.818. The minimum atomic E-state index is 0.0687. The standard InChI is InChI=1S/C20H30N4O2/c1-22-17(6-7-19(22)25)14-23-10-8-15(9-11-23)13-24-20(26)12-16-4-2-3-5-18(16)21-24/h12,15,17H,2-11,13-14H2,1H3. The molecule has 0 aromatic carbocycles. The van der Waals surface area contributed by atoms with E-state index in [9.17, 15) is 9.59 Å². The van der Waals surface area contributed by atoms with E-state index in [1.807, 2.05) is 18.0 Å². The Hall–Kier alpha value is -1.69. The van der Waals surface area contributed by atoms with Crippen LogP contribution in [0, 0.1) is 5.92 Å². The van der Waals surface area contributed by atoms with Gasteiger partial charge in [0.05, 0.1) is 5.69 Å². The Bertz CT molecular complexity index is 721. The molecule has 4 rings (SSSR count). The maximum absolute atomic E-state index is 12.4. The van der Waals surface area contributed by atoms with Gasteiger partial charge in [-0.25, -0.2) is 4.68 Å². The fourth-order valence-electron chi connectivity index (χ4n) is 4.70. The first-order valence-electron chi connectivity index (χ1n) is 10.2. The Morgan fingerprint density at radius 2 is 1.81 bits per heavy atom. The summed E-state index contributed by atoms with van der Waals surface area (Å²) in [5, 5.41) is 4.67. The number of hydrogen-bond donors (Lipinski definition) is 0. The van der Waals surface area contributed by atoms with Crippen LogP contribution in [0.15, 0.2) is 10.9 Å². The van der Waals surface area contributed by atoms with Crippen molar-refractivity contribution in [3.05, 3.63) is 27.7 Å². The van der Waals surface area contributed by atoms with Gasteiger partial charge in [0.25, 0.3) is 5.56 Å². The van der Waals surface area contributed by atoms with E-state index in [0.717, 1.165) is 64.0 Å². The molecule has 3 aliphatic rings. The zero-order chi connectivity index (χ0) is 18.1. The molecule has 1 unspecified atom stereocenters. The summed E-state index contributed by atoms with van der Waals surface area (Å²) in [5.41, 5.74) is 2.38. The molecule has 1 aromatic rings. The highest BCUT2D eigenvalue weighted by Gasteiger charge is 2.30. The molecule has 142 valence electrons. The molecule has 3 heterocycles. The first kappa shape index (κ1) is 17.7. The van der Waals surface area contributed by atoms with Crippen LogP contribution < -0.4 is 5.56 Å². The van der Waals surface area contributed by atoms with Gasteiger partial charge in [0.1, 0.15) is 0 Å². The Morgan fingerprint density at radius 1 is 1.04 bits per heavy atom. The molecule has 1 aliphatic carbocycles. The number of likely N-dealkylation sites (tertiary alicyclic amines) is 2. The summed E-state index contributed by atoms with van der Waals surface area (Å²) in [4.78, 5) is 28.5. The molecule has 6 heteroatoms. The minimum absolute atomic E-state index is 0.0687. The van der Waals surface area contributed by atoms with E-state index in [0.29, 0.717) is 18.4 Å². The predicted molar refractivity (Wildman–Crippen MR) is 100 cm³/mol. The van der Waals surface area contributed by atoms with Crippen molar-refractivity contribution in [2.75, 3.05) is 26.7 Å². The first-order valence-corrected chi connectivity index (χ1v) is 10.2. The van der Waals surface area contributed by atoms with Crippen molar-refractivity contribution in [3.8, 4) is 0 Å². The van der Waals surface area contributed by atoms with E-state index in [2.05, 4.69) is 10.00 Å². The molecule has 2 aliphatic heterocycles. The summed E-state index contributed by atoms with van der Waals surface area (Å²) in [6.07, 6.45) is 8.29. The van der Waals surface area contributed by atoms with E-state index in [4.69, 9.17) is 0 Å². The second-order valence-corrected chi connectivity index (χ2v) is 8.28. The highest BCUT2D eigenvalue weighted by Crippen LogP contribution is 2.23. The van der Waals surface area contributed by atoms with Crippen LogP contribution in [0.4, 0.5) is 0 Å². The van der Waals surface area contributed by atoms with Crippen molar-refractivity contribution in [1.29, 1.82) is 0 Å². The number of carbonyl (C=O) groups is 1. The average Bonchev–Trinajstić information content (AvgIpc) is 2.96. The van der Waals surface area contributed by atoms with Crippen LogP contribution in [-0.2, 0) is 24.2 Å². The van der Waals surface area contributed by atoms with Gasteiger partial charge in [-0.15, -0.1) is 0 Å². The molecule has 2 saturated heterocycles. The summed E-state index contributed by atoms with van der Waals surface area (Å²) in [5.74, 6) is 0.809. The monoisotopic (exact) mass is 358 g/mol. The number of rotatable bonds is 4. The Balaban J connectivity index is 1.31. The van der Waals surface area contributed by atoms with Crippen molar-refractivity contribution >= 4 is 5.91 Å². The second-order valence-electron chi connectivity index (χ2n) is 8.28. The number of amides is 1. The van der Waals surface area contributed by atoms with Crippen LogP contribution >= 0.6 is 0 Å². The van der Waals surface area contributed by atoms with Crippen LogP contribution in [0.1, 0.15) is 49.8 Å². The molecular formula is C20H30N4O2. The Labute approximate surface area is 155 Å². The predicted octanol–water partition coefficient (Wildman–Crippen LogP) is 1.45. The van der Waals surface area contributed by atoms with Crippen LogP contribution in [-0.4, -0.2) is 58.2 Å². The Morgan fingerprint density at radius 3 is 2.54 bits per heavy atom. The number of fused-ring (bicyclic) bond motifs is 1. The number of aromatic nitrogens is 2. The van der Waals surface area contributed by atoms with Crippen LogP contribution in [0.25, 0.3) is 0 Å². The average molecular weight is 358 g/mol. The lowest BCUT2D eigenvalue weighted by atomic mass is 9.95. The molecule has 1 atom stereocenters. The smallest absolute Gasteiger partial charge is 0.267 e. The van der Waals surface area contributed by atoms with Crippen molar-refractivity contribution in [1.82, 2.24) is 19.6 Å². The highest BCUT2D eigenvalue weighted by molar-refractivity contribution is 5.78. The molecule has 1 aromatic heterocycles. The van der Waals surface area contributed by atoms with Gasteiger partial charge in [-0.2, -0.15) is 5.10 Å². The first-order chi connectivity index (χ1) is 12.6. The van der Waals surface area contributed by atoms with Gasteiger partial charge >= 0.3 is 0 Å². The number of likely N-dealkylation sites (N-methyl/N-ethyl adjacent to an activating group) is 1. The minimum Gasteiger partial charge on any atom is -0.341 e. The highest BCUT2D eigenvalue weighted by atomic mass is 16.2. The number of aryl methyl sites for hydroxylation is 2. The van der Waals surface area contributed by atoms with E-state index < -0.39 is 0 Å². The van der Waals surface area contributed by atoms with Gasteiger partial charge in [-0.05, 0) is 69.5 Å². The number of nitrogens with zero attached hydrogens (tertiary/aromatic N) is 4. The van der Waals surface area contributed by atoms with E-state index in [1.165, 1.54) is 18.4 Å². The second kappa shape index (κ2) is 7.51. The summed E-state index contributed by atoms with van der Waals surface area (Å²) in [6.45, 7) is 3.86. The van der Waals surface area contributed by atoms with Crippen molar-refractivity contribution in [3.63, 3.8) is 0 Å².